The Kier molecular flexibility index (Phi) is 5.04. The highest BCUT2D eigenvalue weighted by molar-refractivity contribution is 5.83. The number of amidine groups is 1. The average Bonchev–Trinajstić information content (AvgIpc) is 2.29. The Morgan fingerprint density at radius 1 is 1.69 bits per heavy atom. The molecule has 0 aromatic heterocycles. The van der Waals surface area contributed by atoms with E-state index < -0.39 is 6.10 Å². The zero-order chi connectivity index (χ0) is 12.0. The molecule has 1 unspecified atom stereocenters. The maximum absolute atomic E-state index is 11.7. The van der Waals surface area contributed by atoms with Crippen LogP contribution in [0.25, 0.3) is 0 Å². The van der Waals surface area contributed by atoms with E-state index in [-0.39, 0.29) is 11.9 Å². The van der Waals surface area contributed by atoms with E-state index in [1.807, 2.05) is 0 Å². The number of hydrogen-bond donors (Lipinski definition) is 3. The van der Waals surface area contributed by atoms with Gasteiger partial charge in [-0.15, -0.1) is 0 Å². The molecule has 1 saturated heterocycles. The lowest BCUT2D eigenvalue weighted by Crippen LogP contribution is -2.53. The fraction of sp³-hybridized carbons (Fsp3) is 0.800. The second-order valence-corrected chi connectivity index (χ2v) is 3.85. The van der Waals surface area contributed by atoms with Crippen molar-refractivity contribution in [3.63, 3.8) is 0 Å². The van der Waals surface area contributed by atoms with Gasteiger partial charge < -0.3 is 20.7 Å². The molecule has 1 fully saturated rings. The highest BCUT2D eigenvalue weighted by Gasteiger charge is 2.25. The van der Waals surface area contributed by atoms with Crippen molar-refractivity contribution in [1.29, 1.82) is 5.41 Å². The first-order valence-electron chi connectivity index (χ1n) is 5.63. The van der Waals surface area contributed by atoms with Crippen LogP contribution in [0.2, 0.25) is 0 Å². The van der Waals surface area contributed by atoms with Crippen molar-refractivity contribution < 1.29 is 9.53 Å². The van der Waals surface area contributed by atoms with Crippen LogP contribution in [-0.4, -0.2) is 49.1 Å². The minimum atomic E-state index is -0.453. The number of urea groups is 1. The molecule has 92 valence electrons. The molecule has 1 aliphatic rings. The Bertz CT molecular complexity index is 257. The molecule has 0 aromatic carbocycles. The van der Waals surface area contributed by atoms with E-state index in [1.165, 1.54) is 0 Å². The molecule has 6 heteroatoms. The summed E-state index contributed by atoms with van der Waals surface area (Å²) in [5.74, 6) is -0.0222. The van der Waals surface area contributed by atoms with Crippen LogP contribution >= 0.6 is 0 Å². The van der Waals surface area contributed by atoms with Crippen LogP contribution in [0.5, 0.6) is 0 Å². The van der Waals surface area contributed by atoms with Gasteiger partial charge in [0.25, 0.3) is 0 Å². The largest absolute Gasteiger partial charge is 0.385 e. The van der Waals surface area contributed by atoms with Gasteiger partial charge in [-0.25, -0.2) is 4.79 Å². The lowest BCUT2D eigenvalue weighted by atomic mass is 10.2. The van der Waals surface area contributed by atoms with Crippen LogP contribution in [0.4, 0.5) is 4.79 Å². The van der Waals surface area contributed by atoms with Gasteiger partial charge >= 0.3 is 6.03 Å². The molecule has 0 aromatic rings. The predicted molar refractivity (Wildman–Crippen MR) is 61.5 cm³/mol. The summed E-state index contributed by atoms with van der Waals surface area (Å²) in [6.45, 7) is 4.13. The van der Waals surface area contributed by atoms with Crippen LogP contribution < -0.4 is 11.1 Å². The van der Waals surface area contributed by atoms with Gasteiger partial charge in [0.1, 0.15) is 11.9 Å². The number of amides is 2. The van der Waals surface area contributed by atoms with Crippen molar-refractivity contribution in [3.8, 4) is 0 Å². The molecule has 0 spiro atoms. The van der Waals surface area contributed by atoms with Gasteiger partial charge in [0, 0.05) is 13.1 Å². The molecular formula is C10H20N4O2. The third-order valence-corrected chi connectivity index (χ3v) is 2.51. The average molecular weight is 228 g/mol. The number of nitrogens with two attached hydrogens (primary N) is 1. The Labute approximate surface area is 95.6 Å². The zero-order valence-corrected chi connectivity index (χ0v) is 9.66. The first-order chi connectivity index (χ1) is 7.65. The highest BCUT2D eigenvalue weighted by Crippen LogP contribution is 2.05. The van der Waals surface area contributed by atoms with Crippen molar-refractivity contribution in [3.05, 3.63) is 0 Å². The van der Waals surface area contributed by atoms with E-state index in [9.17, 15) is 4.79 Å². The third kappa shape index (κ3) is 3.69. The lowest BCUT2D eigenvalue weighted by molar-refractivity contribution is 0.0209. The normalized spacial score (nSPS) is 20.6. The number of ether oxygens (including phenoxy) is 1. The van der Waals surface area contributed by atoms with Crippen LogP contribution in [-0.2, 0) is 4.74 Å². The van der Waals surface area contributed by atoms with Crippen LogP contribution in [0.3, 0.4) is 0 Å². The summed E-state index contributed by atoms with van der Waals surface area (Å²) in [6, 6.07) is -0.0944. The Morgan fingerprint density at radius 2 is 2.44 bits per heavy atom. The molecule has 0 saturated carbocycles. The monoisotopic (exact) mass is 228 g/mol. The van der Waals surface area contributed by atoms with Crippen molar-refractivity contribution in [2.75, 3.05) is 26.2 Å². The molecular weight excluding hydrogens is 208 g/mol. The highest BCUT2D eigenvalue weighted by atomic mass is 16.5. The second kappa shape index (κ2) is 6.32. The molecule has 0 aliphatic carbocycles. The van der Waals surface area contributed by atoms with E-state index in [4.69, 9.17) is 15.9 Å². The minimum Gasteiger partial charge on any atom is -0.385 e. The van der Waals surface area contributed by atoms with Gasteiger partial charge in [-0.3, -0.25) is 5.41 Å². The van der Waals surface area contributed by atoms with E-state index >= 15 is 0 Å². The molecule has 0 radical (unpaired) electrons. The van der Waals surface area contributed by atoms with E-state index in [1.54, 1.807) is 4.90 Å². The number of nitrogens with zero attached hydrogens (tertiary/aromatic N) is 1. The van der Waals surface area contributed by atoms with Gasteiger partial charge in [-0.2, -0.15) is 0 Å². The van der Waals surface area contributed by atoms with Crippen molar-refractivity contribution >= 4 is 11.9 Å². The van der Waals surface area contributed by atoms with Crippen LogP contribution in [0, 0.1) is 5.41 Å². The van der Waals surface area contributed by atoms with E-state index in [0.717, 1.165) is 12.8 Å². The summed E-state index contributed by atoms with van der Waals surface area (Å²) in [7, 11) is 0. The summed E-state index contributed by atoms with van der Waals surface area (Å²) in [6.07, 6.45) is 1.58. The molecule has 1 aliphatic heterocycles. The maximum atomic E-state index is 11.7. The number of carbonyl (C=O) groups is 1. The van der Waals surface area contributed by atoms with Gasteiger partial charge in [-0.05, 0) is 6.42 Å². The van der Waals surface area contributed by atoms with E-state index in [0.29, 0.717) is 26.2 Å². The van der Waals surface area contributed by atoms with Crippen molar-refractivity contribution in [2.45, 2.75) is 25.9 Å². The molecule has 1 atom stereocenters. The molecule has 6 nitrogen and oxygen atoms in total. The van der Waals surface area contributed by atoms with Crippen molar-refractivity contribution in [1.82, 2.24) is 10.2 Å². The fourth-order valence-corrected chi connectivity index (χ4v) is 1.51. The standard InChI is InChI=1S/C10H20N4O2/c1-2-3-4-13-10(15)14-5-6-16-8(7-14)9(11)12/h8H,2-7H2,1H3,(H3,11,12)(H,13,15). The number of rotatable bonds is 4. The summed E-state index contributed by atoms with van der Waals surface area (Å²) < 4.78 is 5.27. The Hall–Kier alpha value is -1.30. The first kappa shape index (κ1) is 12.8. The third-order valence-electron chi connectivity index (χ3n) is 2.51. The lowest BCUT2D eigenvalue weighted by Gasteiger charge is -2.32. The Morgan fingerprint density at radius 3 is 3.06 bits per heavy atom. The fourth-order valence-electron chi connectivity index (χ4n) is 1.51. The Balaban J connectivity index is 2.35. The number of nitrogens with one attached hydrogen (secondary N) is 2. The smallest absolute Gasteiger partial charge is 0.317 e. The summed E-state index contributed by atoms with van der Waals surface area (Å²) >= 11 is 0. The van der Waals surface area contributed by atoms with E-state index in [2.05, 4.69) is 12.2 Å². The first-order valence-corrected chi connectivity index (χ1v) is 5.63. The summed E-state index contributed by atoms with van der Waals surface area (Å²) in [5.41, 5.74) is 5.35. The van der Waals surface area contributed by atoms with Crippen LogP contribution in [0.15, 0.2) is 0 Å². The molecule has 1 heterocycles. The zero-order valence-electron chi connectivity index (χ0n) is 9.66. The van der Waals surface area contributed by atoms with Gasteiger partial charge in [-0.1, -0.05) is 13.3 Å². The van der Waals surface area contributed by atoms with Gasteiger partial charge in [0.05, 0.1) is 13.2 Å². The number of morpholine rings is 1. The van der Waals surface area contributed by atoms with Crippen molar-refractivity contribution in [2.24, 2.45) is 5.73 Å². The molecule has 2 amide bonds. The number of carbonyl (C=O) groups excluding carboxylic acids is 1. The number of unbranched alkanes of at least 4 members (excludes halogenated alkanes) is 1. The molecule has 0 bridgehead atoms. The minimum absolute atomic E-state index is 0.0222. The molecule has 1 rings (SSSR count). The number of hydrogen-bond acceptors (Lipinski definition) is 3. The molecule has 4 N–H and O–H groups in total. The summed E-state index contributed by atoms with van der Waals surface area (Å²) in [5, 5.41) is 10.1. The quantitative estimate of drug-likeness (QED) is 0.363. The maximum Gasteiger partial charge on any atom is 0.317 e. The second-order valence-electron chi connectivity index (χ2n) is 3.85. The predicted octanol–water partition coefficient (Wildman–Crippen LogP) is 0.133. The van der Waals surface area contributed by atoms with Crippen LogP contribution in [0.1, 0.15) is 19.8 Å². The SMILES string of the molecule is CCCCNC(=O)N1CCOC(C(=N)N)C1. The van der Waals surface area contributed by atoms with Gasteiger partial charge in [0.2, 0.25) is 0 Å². The van der Waals surface area contributed by atoms with Gasteiger partial charge in [0.15, 0.2) is 0 Å². The topological polar surface area (TPSA) is 91.4 Å². The molecule has 16 heavy (non-hydrogen) atoms. The summed E-state index contributed by atoms with van der Waals surface area (Å²) in [4.78, 5) is 13.3.